The van der Waals surface area contributed by atoms with Crippen molar-refractivity contribution >= 4 is 17.0 Å². The number of benzene rings is 1. The van der Waals surface area contributed by atoms with Gasteiger partial charge in [-0.1, -0.05) is 12.1 Å². The molecule has 0 saturated heterocycles. The Bertz CT molecular complexity index is 726. The first-order chi connectivity index (χ1) is 9.13. The van der Waals surface area contributed by atoms with Gasteiger partial charge in [-0.25, -0.2) is 4.98 Å². The molecule has 2 aromatic heterocycles. The van der Waals surface area contributed by atoms with Crippen molar-refractivity contribution in [2.75, 3.05) is 5.73 Å². The Morgan fingerprint density at radius 3 is 2.74 bits per heavy atom. The molecule has 0 saturated carbocycles. The summed E-state index contributed by atoms with van der Waals surface area (Å²) < 4.78 is 2.02. The zero-order valence-corrected chi connectivity index (χ0v) is 11.1. The average molecular weight is 252 g/mol. The first kappa shape index (κ1) is 11.7. The Morgan fingerprint density at radius 2 is 2.00 bits per heavy atom. The zero-order valence-electron chi connectivity index (χ0n) is 11.1. The molecule has 19 heavy (non-hydrogen) atoms. The van der Waals surface area contributed by atoms with Gasteiger partial charge in [0.1, 0.15) is 0 Å². The topological polar surface area (TPSA) is 56.7 Å². The summed E-state index contributed by atoms with van der Waals surface area (Å²) in [6.45, 7) is 4.74. The fourth-order valence-electron chi connectivity index (χ4n) is 2.19. The van der Waals surface area contributed by atoms with Crippen molar-refractivity contribution in [3.63, 3.8) is 0 Å². The second-order valence-electron chi connectivity index (χ2n) is 4.86. The summed E-state index contributed by atoms with van der Waals surface area (Å²) in [6.07, 6.45) is 1.89. The number of pyridine rings is 1. The van der Waals surface area contributed by atoms with E-state index in [1.54, 1.807) is 0 Å². The van der Waals surface area contributed by atoms with Crippen LogP contribution in [0.5, 0.6) is 0 Å². The lowest BCUT2D eigenvalue weighted by Gasteiger charge is -2.07. The van der Waals surface area contributed by atoms with Crippen LogP contribution in [0.3, 0.4) is 0 Å². The third-order valence-electron chi connectivity index (χ3n) is 3.25. The Hall–Kier alpha value is -2.36. The summed E-state index contributed by atoms with van der Waals surface area (Å²) in [5.74, 6) is 0.543. The number of nitrogens with zero attached hydrogens (tertiary/aromatic N) is 3. The minimum absolute atomic E-state index is 0.543. The second-order valence-corrected chi connectivity index (χ2v) is 4.86. The Kier molecular flexibility index (Phi) is 2.71. The number of imidazole rings is 1. The van der Waals surface area contributed by atoms with Gasteiger partial charge in [0.15, 0.2) is 0 Å². The molecule has 2 N–H and O–H groups in total. The Labute approximate surface area is 111 Å². The summed E-state index contributed by atoms with van der Waals surface area (Å²) in [7, 11) is 0. The largest absolute Gasteiger partial charge is 0.369 e. The van der Waals surface area contributed by atoms with Crippen LogP contribution < -0.4 is 5.73 Å². The summed E-state index contributed by atoms with van der Waals surface area (Å²) in [5.41, 5.74) is 11.4. The predicted molar refractivity (Wildman–Crippen MR) is 77.0 cm³/mol. The van der Waals surface area contributed by atoms with E-state index < -0.39 is 0 Å². The van der Waals surface area contributed by atoms with Crippen LogP contribution in [-0.2, 0) is 6.54 Å². The quantitative estimate of drug-likeness (QED) is 0.763. The first-order valence-corrected chi connectivity index (χ1v) is 6.27. The van der Waals surface area contributed by atoms with Crippen molar-refractivity contribution in [1.29, 1.82) is 0 Å². The maximum Gasteiger partial charge on any atom is 0.201 e. The van der Waals surface area contributed by atoms with E-state index in [4.69, 9.17) is 5.73 Å². The second kappa shape index (κ2) is 4.39. The van der Waals surface area contributed by atoms with Gasteiger partial charge in [-0.3, -0.25) is 4.98 Å². The van der Waals surface area contributed by atoms with E-state index in [0.29, 0.717) is 12.5 Å². The molecule has 0 radical (unpaired) electrons. The number of anilines is 1. The minimum Gasteiger partial charge on any atom is -0.369 e. The highest BCUT2D eigenvalue weighted by Crippen LogP contribution is 2.20. The van der Waals surface area contributed by atoms with Crippen LogP contribution in [0.15, 0.2) is 36.5 Å². The Balaban J connectivity index is 2.06. The van der Waals surface area contributed by atoms with Crippen LogP contribution in [0.1, 0.15) is 16.8 Å². The third-order valence-corrected chi connectivity index (χ3v) is 3.25. The molecule has 0 aliphatic heterocycles. The van der Waals surface area contributed by atoms with Crippen molar-refractivity contribution < 1.29 is 0 Å². The van der Waals surface area contributed by atoms with Crippen LogP contribution in [0.2, 0.25) is 0 Å². The number of fused-ring (bicyclic) bond motifs is 1. The SMILES string of the molecule is Cc1ccc2nc(N)n(Cc3ccc(C)nc3)c2c1. The average Bonchev–Trinajstić information content (AvgIpc) is 2.69. The third kappa shape index (κ3) is 2.17. The summed E-state index contributed by atoms with van der Waals surface area (Å²) in [4.78, 5) is 8.70. The fraction of sp³-hybridized carbons (Fsp3) is 0.200. The minimum atomic E-state index is 0.543. The van der Waals surface area contributed by atoms with E-state index in [-0.39, 0.29) is 0 Å². The van der Waals surface area contributed by atoms with Crippen LogP contribution >= 0.6 is 0 Å². The molecule has 96 valence electrons. The first-order valence-electron chi connectivity index (χ1n) is 6.27. The number of nitrogen functional groups attached to an aromatic ring is 1. The molecule has 3 aromatic rings. The van der Waals surface area contributed by atoms with Gasteiger partial charge in [0.25, 0.3) is 0 Å². The number of nitrogens with two attached hydrogens (primary N) is 1. The maximum atomic E-state index is 6.01. The number of rotatable bonds is 2. The van der Waals surface area contributed by atoms with Crippen molar-refractivity contribution in [2.24, 2.45) is 0 Å². The zero-order chi connectivity index (χ0) is 13.4. The molecular formula is C15H16N4. The van der Waals surface area contributed by atoms with Crippen molar-refractivity contribution in [3.8, 4) is 0 Å². The van der Waals surface area contributed by atoms with Gasteiger partial charge in [-0.15, -0.1) is 0 Å². The molecule has 0 aliphatic rings. The highest BCUT2D eigenvalue weighted by atomic mass is 15.1. The van der Waals surface area contributed by atoms with Crippen molar-refractivity contribution in [2.45, 2.75) is 20.4 Å². The monoisotopic (exact) mass is 252 g/mol. The molecule has 0 spiro atoms. The van der Waals surface area contributed by atoms with Crippen LogP contribution in [0.25, 0.3) is 11.0 Å². The summed E-state index contributed by atoms with van der Waals surface area (Å²) >= 11 is 0. The molecule has 4 nitrogen and oxygen atoms in total. The van der Waals surface area contributed by atoms with E-state index >= 15 is 0 Å². The van der Waals surface area contributed by atoms with Gasteiger partial charge in [-0.05, 0) is 43.2 Å². The normalized spacial score (nSPS) is 11.1. The highest BCUT2D eigenvalue weighted by Gasteiger charge is 2.08. The number of hydrogen-bond donors (Lipinski definition) is 1. The van der Waals surface area contributed by atoms with Crippen LogP contribution in [-0.4, -0.2) is 14.5 Å². The van der Waals surface area contributed by atoms with E-state index in [1.165, 1.54) is 5.56 Å². The van der Waals surface area contributed by atoms with Gasteiger partial charge in [0.2, 0.25) is 5.95 Å². The van der Waals surface area contributed by atoms with Crippen molar-refractivity contribution in [3.05, 3.63) is 53.3 Å². The standard InChI is InChI=1S/C15H16N4/c1-10-3-6-13-14(7-10)19(15(16)18-13)9-12-5-4-11(2)17-8-12/h3-8H,9H2,1-2H3,(H2,16,18). The molecular weight excluding hydrogens is 236 g/mol. The van der Waals surface area contributed by atoms with E-state index in [2.05, 4.69) is 29.0 Å². The van der Waals surface area contributed by atoms with E-state index in [9.17, 15) is 0 Å². The van der Waals surface area contributed by atoms with Gasteiger partial charge >= 0.3 is 0 Å². The van der Waals surface area contributed by atoms with Crippen molar-refractivity contribution in [1.82, 2.24) is 14.5 Å². The molecule has 0 unspecified atom stereocenters. The van der Waals surface area contributed by atoms with Gasteiger partial charge in [-0.2, -0.15) is 0 Å². The molecule has 1 aromatic carbocycles. The maximum absolute atomic E-state index is 6.01. The van der Waals surface area contributed by atoms with Gasteiger partial charge in [0, 0.05) is 11.9 Å². The lowest BCUT2D eigenvalue weighted by molar-refractivity contribution is 0.831. The molecule has 0 amide bonds. The lowest BCUT2D eigenvalue weighted by Crippen LogP contribution is -2.05. The number of hydrogen-bond acceptors (Lipinski definition) is 3. The molecule has 2 heterocycles. The predicted octanol–water partition coefficient (Wildman–Crippen LogP) is 2.68. The van der Waals surface area contributed by atoms with Crippen LogP contribution in [0, 0.1) is 13.8 Å². The van der Waals surface area contributed by atoms with E-state index in [1.807, 2.05) is 35.9 Å². The van der Waals surface area contributed by atoms with Gasteiger partial charge < -0.3 is 10.3 Å². The molecule has 0 atom stereocenters. The smallest absolute Gasteiger partial charge is 0.201 e. The lowest BCUT2D eigenvalue weighted by atomic mass is 10.2. The van der Waals surface area contributed by atoms with E-state index in [0.717, 1.165) is 22.3 Å². The van der Waals surface area contributed by atoms with Crippen LogP contribution in [0.4, 0.5) is 5.95 Å². The molecule has 0 fully saturated rings. The molecule has 3 rings (SSSR count). The highest BCUT2D eigenvalue weighted by molar-refractivity contribution is 5.79. The van der Waals surface area contributed by atoms with Gasteiger partial charge in [0.05, 0.1) is 17.6 Å². The number of aryl methyl sites for hydroxylation is 2. The Morgan fingerprint density at radius 1 is 1.16 bits per heavy atom. The summed E-state index contributed by atoms with van der Waals surface area (Å²) in [6, 6.07) is 10.2. The fourth-order valence-corrected chi connectivity index (χ4v) is 2.19. The molecule has 0 bridgehead atoms. The summed E-state index contributed by atoms with van der Waals surface area (Å²) in [5, 5.41) is 0. The molecule has 0 aliphatic carbocycles. The molecule has 4 heteroatoms. The number of aromatic nitrogens is 3.